The molecule has 8 heteroatoms. The number of hydrogen-bond donors (Lipinski definition) is 3. The van der Waals surface area contributed by atoms with Crippen LogP contribution in [0.2, 0.25) is 0 Å². The molecule has 0 atom stereocenters. The average molecular weight is 307 g/mol. The molecule has 1 aliphatic rings. The summed E-state index contributed by atoms with van der Waals surface area (Å²) in [4.78, 5) is 4.24. The van der Waals surface area contributed by atoms with E-state index < -0.39 is 10.0 Å². The van der Waals surface area contributed by atoms with Crippen molar-refractivity contribution in [2.45, 2.75) is 24.2 Å². The number of nitrogens with zero attached hydrogens (tertiary/aromatic N) is 2. The van der Waals surface area contributed by atoms with Gasteiger partial charge in [0.1, 0.15) is 12.2 Å². The summed E-state index contributed by atoms with van der Waals surface area (Å²) in [6, 6.07) is 5.24. The molecule has 1 aromatic heterocycles. The Bertz CT molecular complexity index is 712. The van der Waals surface area contributed by atoms with Gasteiger partial charge in [-0.3, -0.25) is 5.10 Å². The van der Waals surface area contributed by atoms with E-state index in [0.717, 1.165) is 25.1 Å². The minimum Gasteiger partial charge on any atom is -0.385 e. The number of aromatic amines is 1. The molecule has 0 amide bonds. The van der Waals surface area contributed by atoms with Crippen molar-refractivity contribution in [2.24, 2.45) is 0 Å². The SMILES string of the molecule is O=S(=O)(NCCc1ncn[nH]1)c1ccc2c(c1)NCCC2. The number of anilines is 1. The molecular weight excluding hydrogens is 290 g/mol. The molecule has 112 valence electrons. The van der Waals surface area contributed by atoms with Crippen LogP contribution in [-0.4, -0.2) is 36.7 Å². The van der Waals surface area contributed by atoms with Crippen molar-refractivity contribution in [3.63, 3.8) is 0 Å². The van der Waals surface area contributed by atoms with Gasteiger partial charge in [0, 0.05) is 25.2 Å². The molecule has 0 aliphatic carbocycles. The summed E-state index contributed by atoms with van der Waals surface area (Å²) in [5, 5.41) is 9.66. The Labute approximate surface area is 123 Å². The quantitative estimate of drug-likeness (QED) is 0.754. The van der Waals surface area contributed by atoms with Crippen molar-refractivity contribution < 1.29 is 8.42 Å². The molecule has 2 heterocycles. The number of nitrogens with one attached hydrogen (secondary N) is 3. The summed E-state index contributed by atoms with van der Waals surface area (Å²) >= 11 is 0. The molecule has 0 bridgehead atoms. The highest BCUT2D eigenvalue weighted by Crippen LogP contribution is 2.24. The van der Waals surface area contributed by atoms with Crippen LogP contribution < -0.4 is 10.0 Å². The monoisotopic (exact) mass is 307 g/mol. The molecule has 1 aromatic carbocycles. The maximum Gasteiger partial charge on any atom is 0.240 e. The van der Waals surface area contributed by atoms with Crippen LogP contribution in [0.1, 0.15) is 17.8 Å². The maximum atomic E-state index is 12.3. The second-order valence-electron chi connectivity index (χ2n) is 4.93. The first-order valence-electron chi connectivity index (χ1n) is 6.86. The molecule has 0 saturated carbocycles. The number of fused-ring (bicyclic) bond motifs is 1. The summed E-state index contributed by atoms with van der Waals surface area (Å²) in [6.07, 6.45) is 3.94. The van der Waals surface area contributed by atoms with Gasteiger partial charge in [-0.1, -0.05) is 6.07 Å². The lowest BCUT2D eigenvalue weighted by molar-refractivity contribution is 0.581. The van der Waals surface area contributed by atoms with Crippen LogP contribution in [0.25, 0.3) is 0 Å². The van der Waals surface area contributed by atoms with Crippen molar-refractivity contribution in [1.82, 2.24) is 19.9 Å². The van der Waals surface area contributed by atoms with Gasteiger partial charge in [-0.05, 0) is 30.5 Å². The molecule has 21 heavy (non-hydrogen) atoms. The predicted molar refractivity (Wildman–Crippen MR) is 78.5 cm³/mol. The molecule has 1 aliphatic heterocycles. The van der Waals surface area contributed by atoms with E-state index in [-0.39, 0.29) is 11.4 Å². The Morgan fingerprint density at radius 3 is 3.05 bits per heavy atom. The lowest BCUT2D eigenvalue weighted by Crippen LogP contribution is -2.26. The molecule has 0 fully saturated rings. The van der Waals surface area contributed by atoms with E-state index in [2.05, 4.69) is 25.2 Å². The minimum absolute atomic E-state index is 0.280. The van der Waals surface area contributed by atoms with Crippen LogP contribution in [0.4, 0.5) is 5.69 Å². The number of sulfonamides is 1. The fraction of sp³-hybridized carbons (Fsp3) is 0.385. The maximum absolute atomic E-state index is 12.3. The van der Waals surface area contributed by atoms with Crippen molar-refractivity contribution in [3.05, 3.63) is 35.9 Å². The number of benzene rings is 1. The summed E-state index contributed by atoms with van der Waals surface area (Å²) in [5.74, 6) is 0.657. The fourth-order valence-corrected chi connectivity index (χ4v) is 3.40. The Kier molecular flexibility index (Phi) is 3.89. The molecule has 0 unspecified atom stereocenters. The van der Waals surface area contributed by atoms with Gasteiger partial charge in [-0.25, -0.2) is 18.1 Å². The minimum atomic E-state index is -3.50. The Morgan fingerprint density at radius 1 is 1.33 bits per heavy atom. The van der Waals surface area contributed by atoms with Gasteiger partial charge in [-0.15, -0.1) is 0 Å². The Hall–Kier alpha value is -1.93. The van der Waals surface area contributed by atoms with Crippen LogP contribution in [-0.2, 0) is 22.9 Å². The normalized spacial score (nSPS) is 14.5. The Balaban J connectivity index is 1.69. The first-order valence-corrected chi connectivity index (χ1v) is 8.34. The first-order chi connectivity index (χ1) is 10.1. The smallest absolute Gasteiger partial charge is 0.240 e. The zero-order chi connectivity index (χ0) is 14.7. The number of aromatic nitrogens is 3. The number of hydrogen-bond acceptors (Lipinski definition) is 5. The second-order valence-corrected chi connectivity index (χ2v) is 6.70. The summed E-state index contributed by atoms with van der Waals surface area (Å²) in [6.45, 7) is 1.16. The van der Waals surface area contributed by atoms with Crippen molar-refractivity contribution in [2.75, 3.05) is 18.4 Å². The lowest BCUT2D eigenvalue weighted by Gasteiger charge is -2.18. The summed E-state index contributed by atoms with van der Waals surface area (Å²) in [5.41, 5.74) is 2.08. The van der Waals surface area contributed by atoms with Gasteiger partial charge in [-0.2, -0.15) is 5.10 Å². The number of rotatable bonds is 5. The van der Waals surface area contributed by atoms with Gasteiger partial charge in [0.25, 0.3) is 0 Å². The van der Waals surface area contributed by atoms with Gasteiger partial charge in [0.15, 0.2) is 0 Å². The van der Waals surface area contributed by atoms with Crippen LogP contribution >= 0.6 is 0 Å². The third-order valence-electron chi connectivity index (χ3n) is 3.45. The topological polar surface area (TPSA) is 99.8 Å². The highest BCUT2D eigenvalue weighted by molar-refractivity contribution is 7.89. The third kappa shape index (κ3) is 3.22. The average Bonchev–Trinajstić information content (AvgIpc) is 3.00. The fourth-order valence-electron chi connectivity index (χ4n) is 2.35. The molecule has 0 radical (unpaired) electrons. The zero-order valence-electron chi connectivity index (χ0n) is 11.5. The third-order valence-corrected chi connectivity index (χ3v) is 4.91. The van der Waals surface area contributed by atoms with Gasteiger partial charge in [0.2, 0.25) is 10.0 Å². The molecule has 7 nitrogen and oxygen atoms in total. The Morgan fingerprint density at radius 2 is 2.24 bits per heavy atom. The predicted octanol–water partition coefficient (Wildman–Crippen LogP) is 0.684. The molecule has 2 aromatic rings. The molecule has 3 rings (SSSR count). The first kappa shape index (κ1) is 14.0. The number of aryl methyl sites for hydroxylation is 1. The van der Waals surface area contributed by atoms with Crippen molar-refractivity contribution >= 4 is 15.7 Å². The van der Waals surface area contributed by atoms with Crippen LogP contribution in [0.15, 0.2) is 29.4 Å². The van der Waals surface area contributed by atoms with E-state index >= 15 is 0 Å². The highest BCUT2D eigenvalue weighted by Gasteiger charge is 2.17. The van der Waals surface area contributed by atoms with E-state index in [4.69, 9.17) is 0 Å². The molecule has 3 N–H and O–H groups in total. The van der Waals surface area contributed by atoms with Gasteiger partial charge < -0.3 is 5.32 Å². The van der Waals surface area contributed by atoms with Gasteiger partial charge >= 0.3 is 0 Å². The van der Waals surface area contributed by atoms with E-state index in [1.807, 2.05) is 6.07 Å². The second kappa shape index (κ2) is 5.82. The zero-order valence-corrected chi connectivity index (χ0v) is 12.3. The van der Waals surface area contributed by atoms with Crippen molar-refractivity contribution in [1.29, 1.82) is 0 Å². The number of H-pyrrole nitrogens is 1. The summed E-state index contributed by atoms with van der Waals surface area (Å²) in [7, 11) is -3.50. The van der Waals surface area contributed by atoms with E-state index in [1.54, 1.807) is 12.1 Å². The largest absolute Gasteiger partial charge is 0.385 e. The van der Waals surface area contributed by atoms with Gasteiger partial charge in [0.05, 0.1) is 4.90 Å². The molecule has 0 spiro atoms. The molecule has 0 saturated heterocycles. The molecular formula is C13H17N5O2S. The van der Waals surface area contributed by atoms with Crippen LogP contribution in [0.5, 0.6) is 0 Å². The summed E-state index contributed by atoms with van der Waals surface area (Å²) < 4.78 is 27.1. The van der Waals surface area contributed by atoms with Crippen molar-refractivity contribution in [3.8, 4) is 0 Å². The van der Waals surface area contributed by atoms with Crippen LogP contribution in [0.3, 0.4) is 0 Å². The standard InChI is InChI=1S/C13H17N5O2S/c19-21(20,17-7-5-13-15-9-16-18-13)11-4-3-10-2-1-6-14-12(10)8-11/h3-4,8-9,14,17H,1-2,5-7H2,(H,15,16,18). The van der Waals surface area contributed by atoms with Crippen LogP contribution in [0, 0.1) is 0 Å². The van der Waals surface area contributed by atoms with E-state index in [1.165, 1.54) is 11.9 Å². The lowest BCUT2D eigenvalue weighted by atomic mass is 10.0. The van der Waals surface area contributed by atoms with E-state index in [9.17, 15) is 8.42 Å². The van der Waals surface area contributed by atoms with E-state index in [0.29, 0.717) is 12.2 Å². The highest BCUT2D eigenvalue weighted by atomic mass is 32.2.